The third-order valence-electron chi connectivity index (χ3n) is 3.82. The quantitative estimate of drug-likeness (QED) is 0.788. The minimum absolute atomic E-state index is 0.340. The number of thiophene rings is 1. The fourth-order valence-electron chi connectivity index (χ4n) is 2.76. The Morgan fingerprint density at radius 2 is 2.29 bits per heavy atom. The van der Waals surface area contributed by atoms with Crippen molar-refractivity contribution < 1.29 is 5.11 Å². The molecule has 0 spiro atoms. The fourth-order valence-corrected chi connectivity index (χ4v) is 3.50. The Morgan fingerprint density at radius 3 is 3.00 bits per heavy atom. The molecule has 0 bridgehead atoms. The van der Waals surface area contributed by atoms with Gasteiger partial charge in [0.25, 0.3) is 0 Å². The average Bonchev–Trinajstić information content (AvgIpc) is 2.94. The van der Waals surface area contributed by atoms with Crippen molar-refractivity contribution in [3.05, 3.63) is 22.4 Å². The van der Waals surface area contributed by atoms with Crippen LogP contribution in [0.15, 0.2) is 16.8 Å². The molecule has 2 atom stereocenters. The molecule has 1 fully saturated rings. The van der Waals surface area contributed by atoms with Gasteiger partial charge in [-0.2, -0.15) is 11.3 Å². The fraction of sp³-hybridized carbons (Fsp3) is 0.714. The van der Waals surface area contributed by atoms with Crippen molar-refractivity contribution in [2.24, 2.45) is 0 Å². The van der Waals surface area contributed by atoms with Gasteiger partial charge in [0.05, 0.1) is 0 Å². The highest BCUT2D eigenvalue weighted by Crippen LogP contribution is 2.32. The smallest absolute Gasteiger partial charge is 0.0431 e. The van der Waals surface area contributed by atoms with E-state index in [1.165, 1.54) is 31.5 Å². The molecule has 0 aromatic carbocycles. The largest absolute Gasteiger partial charge is 0.396 e. The van der Waals surface area contributed by atoms with Crippen LogP contribution >= 0.6 is 11.3 Å². The molecule has 0 saturated carbocycles. The van der Waals surface area contributed by atoms with Crippen LogP contribution in [-0.2, 0) is 0 Å². The summed E-state index contributed by atoms with van der Waals surface area (Å²) in [6.07, 6.45) is 4.64. The lowest BCUT2D eigenvalue weighted by atomic mass is 10.00. The maximum Gasteiger partial charge on any atom is 0.0431 e. The van der Waals surface area contributed by atoms with E-state index in [0.29, 0.717) is 12.6 Å². The molecule has 2 nitrogen and oxygen atoms in total. The van der Waals surface area contributed by atoms with Crippen molar-refractivity contribution in [1.29, 1.82) is 0 Å². The number of rotatable bonds is 6. The molecule has 2 heterocycles. The van der Waals surface area contributed by atoms with Gasteiger partial charge in [0.1, 0.15) is 0 Å². The summed E-state index contributed by atoms with van der Waals surface area (Å²) in [6.45, 7) is 5.10. The standard InChI is InChI=1S/C14H23NOS/c1-12-9-14(13-5-8-17-11-13)10-15(12)6-3-2-4-7-16/h5,8,11-12,14,16H,2-4,6-7,9-10H2,1H3/t12-,14-/m1/s1. The summed E-state index contributed by atoms with van der Waals surface area (Å²) in [5, 5.41) is 13.2. The first-order valence-corrected chi connectivity index (χ1v) is 7.62. The minimum Gasteiger partial charge on any atom is -0.396 e. The van der Waals surface area contributed by atoms with Gasteiger partial charge < -0.3 is 10.0 Å². The van der Waals surface area contributed by atoms with Crippen LogP contribution in [-0.4, -0.2) is 35.7 Å². The molecule has 0 aliphatic carbocycles. The maximum absolute atomic E-state index is 8.76. The summed E-state index contributed by atoms with van der Waals surface area (Å²) < 4.78 is 0. The first kappa shape index (κ1) is 13.1. The molecule has 0 radical (unpaired) electrons. The number of nitrogens with zero attached hydrogens (tertiary/aromatic N) is 1. The molecular formula is C14H23NOS. The predicted octanol–water partition coefficient (Wildman–Crippen LogP) is 3.09. The summed E-state index contributed by atoms with van der Waals surface area (Å²) in [6, 6.07) is 2.99. The molecule has 0 unspecified atom stereocenters. The van der Waals surface area contributed by atoms with Crippen LogP contribution in [0.2, 0.25) is 0 Å². The molecule has 96 valence electrons. The Hall–Kier alpha value is -0.380. The van der Waals surface area contributed by atoms with Crippen molar-refractivity contribution in [1.82, 2.24) is 4.90 Å². The summed E-state index contributed by atoms with van der Waals surface area (Å²) in [7, 11) is 0. The topological polar surface area (TPSA) is 23.5 Å². The first-order valence-electron chi connectivity index (χ1n) is 6.68. The zero-order valence-electron chi connectivity index (χ0n) is 10.6. The predicted molar refractivity (Wildman–Crippen MR) is 73.6 cm³/mol. The Bertz CT molecular complexity index is 312. The van der Waals surface area contributed by atoms with Gasteiger partial charge in [-0.25, -0.2) is 0 Å². The number of hydrogen-bond acceptors (Lipinski definition) is 3. The number of aliphatic hydroxyl groups excluding tert-OH is 1. The van der Waals surface area contributed by atoms with E-state index in [1.54, 1.807) is 0 Å². The molecule has 2 rings (SSSR count). The third kappa shape index (κ3) is 3.54. The van der Waals surface area contributed by atoms with Gasteiger partial charge in [-0.05, 0) is 67.5 Å². The van der Waals surface area contributed by atoms with Crippen molar-refractivity contribution in [2.75, 3.05) is 19.7 Å². The molecule has 3 heteroatoms. The van der Waals surface area contributed by atoms with Gasteiger partial charge in [0.15, 0.2) is 0 Å². The van der Waals surface area contributed by atoms with Gasteiger partial charge >= 0.3 is 0 Å². The Kier molecular flexibility index (Phi) is 5.01. The van der Waals surface area contributed by atoms with Crippen molar-refractivity contribution >= 4 is 11.3 Å². The van der Waals surface area contributed by atoms with Crippen molar-refractivity contribution in [2.45, 2.75) is 44.6 Å². The molecule has 0 amide bonds. The van der Waals surface area contributed by atoms with Crippen LogP contribution in [0.25, 0.3) is 0 Å². The Labute approximate surface area is 108 Å². The SMILES string of the molecule is C[C@@H]1C[C@@H](c2ccsc2)CN1CCCCCO. The highest BCUT2D eigenvalue weighted by Gasteiger charge is 2.29. The number of likely N-dealkylation sites (tertiary alicyclic amines) is 1. The van der Waals surface area contributed by atoms with Gasteiger partial charge in [0.2, 0.25) is 0 Å². The van der Waals surface area contributed by atoms with Crippen LogP contribution < -0.4 is 0 Å². The molecular weight excluding hydrogens is 230 g/mol. The Morgan fingerprint density at radius 1 is 1.41 bits per heavy atom. The van der Waals surface area contributed by atoms with Gasteiger partial charge in [0, 0.05) is 19.2 Å². The molecule has 1 aliphatic heterocycles. The second-order valence-electron chi connectivity index (χ2n) is 5.12. The summed E-state index contributed by atoms with van der Waals surface area (Å²) in [5.41, 5.74) is 1.53. The normalized spacial score (nSPS) is 25.5. The van der Waals surface area contributed by atoms with Gasteiger partial charge in [-0.1, -0.05) is 0 Å². The average molecular weight is 253 g/mol. The number of hydrogen-bond donors (Lipinski definition) is 1. The summed E-state index contributed by atoms with van der Waals surface area (Å²) in [5.74, 6) is 0.745. The zero-order valence-corrected chi connectivity index (χ0v) is 11.5. The van der Waals surface area contributed by atoms with Crippen molar-refractivity contribution in [3.63, 3.8) is 0 Å². The third-order valence-corrected chi connectivity index (χ3v) is 4.52. The van der Waals surface area contributed by atoms with E-state index in [1.807, 2.05) is 11.3 Å². The van der Waals surface area contributed by atoms with E-state index >= 15 is 0 Å². The van der Waals surface area contributed by atoms with Crippen LogP contribution in [0.3, 0.4) is 0 Å². The minimum atomic E-state index is 0.340. The Balaban J connectivity index is 1.77. The first-order chi connectivity index (χ1) is 8.31. The second-order valence-corrected chi connectivity index (χ2v) is 5.90. The number of unbranched alkanes of at least 4 members (excludes halogenated alkanes) is 2. The van der Waals surface area contributed by atoms with E-state index in [-0.39, 0.29) is 0 Å². The summed E-state index contributed by atoms with van der Waals surface area (Å²) >= 11 is 1.81. The van der Waals surface area contributed by atoms with E-state index in [2.05, 4.69) is 28.7 Å². The van der Waals surface area contributed by atoms with Crippen molar-refractivity contribution in [3.8, 4) is 0 Å². The molecule has 1 saturated heterocycles. The molecule has 1 aromatic heterocycles. The lowest BCUT2D eigenvalue weighted by Crippen LogP contribution is -2.28. The lowest BCUT2D eigenvalue weighted by Gasteiger charge is -2.20. The maximum atomic E-state index is 8.76. The highest BCUT2D eigenvalue weighted by atomic mass is 32.1. The van der Waals surface area contributed by atoms with E-state index in [4.69, 9.17) is 5.11 Å². The van der Waals surface area contributed by atoms with E-state index < -0.39 is 0 Å². The van der Waals surface area contributed by atoms with Crippen LogP contribution in [0.1, 0.15) is 44.1 Å². The van der Waals surface area contributed by atoms with Crippen LogP contribution in [0, 0.1) is 0 Å². The highest BCUT2D eigenvalue weighted by molar-refractivity contribution is 7.07. The van der Waals surface area contributed by atoms with Gasteiger partial charge in [-0.15, -0.1) is 0 Å². The zero-order chi connectivity index (χ0) is 12.1. The monoisotopic (exact) mass is 253 g/mol. The molecule has 1 aromatic rings. The molecule has 1 N–H and O–H groups in total. The lowest BCUT2D eigenvalue weighted by molar-refractivity contribution is 0.248. The number of aliphatic hydroxyl groups is 1. The van der Waals surface area contributed by atoms with Crippen LogP contribution in [0.4, 0.5) is 0 Å². The van der Waals surface area contributed by atoms with Gasteiger partial charge in [-0.3, -0.25) is 0 Å². The summed E-state index contributed by atoms with van der Waals surface area (Å²) in [4.78, 5) is 2.61. The molecule has 1 aliphatic rings. The van der Waals surface area contributed by atoms with Crippen LogP contribution in [0.5, 0.6) is 0 Å². The molecule has 17 heavy (non-hydrogen) atoms. The van der Waals surface area contributed by atoms with E-state index in [0.717, 1.165) is 18.8 Å². The second kappa shape index (κ2) is 6.53. The van der Waals surface area contributed by atoms with E-state index in [9.17, 15) is 0 Å².